The van der Waals surface area contributed by atoms with Gasteiger partial charge in [0.15, 0.2) is 0 Å². The number of aliphatic hydroxyl groups is 1. The van der Waals surface area contributed by atoms with E-state index in [9.17, 15) is 9.90 Å². The van der Waals surface area contributed by atoms with Crippen molar-refractivity contribution in [2.24, 2.45) is 5.41 Å². The molecule has 0 radical (unpaired) electrons. The quantitative estimate of drug-likeness (QED) is 0.896. The van der Waals surface area contributed by atoms with E-state index in [0.717, 1.165) is 45.2 Å². The van der Waals surface area contributed by atoms with Gasteiger partial charge in [0.1, 0.15) is 0 Å². The predicted octanol–water partition coefficient (Wildman–Crippen LogP) is 2.24. The zero-order valence-corrected chi connectivity index (χ0v) is 14.1. The molecular formula is C19H28N2O2. The molecule has 4 heteroatoms. The Morgan fingerprint density at radius 2 is 2.13 bits per heavy atom. The Morgan fingerprint density at radius 1 is 1.35 bits per heavy atom. The highest BCUT2D eigenvalue weighted by molar-refractivity contribution is 5.78. The first-order chi connectivity index (χ1) is 11.1. The molecule has 0 aromatic heterocycles. The molecule has 1 aromatic carbocycles. The molecule has 1 spiro atoms. The van der Waals surface area contributed by atoms with E-state index in [1.54, 1.807) is 0 Å². The Morgan fingerprint density at radius 3 is 2.87 bits per heavy atom. The summed E-state index contributed by atoms with van der Waals surface area (Å²) in [5, 5.41) is 13.3. The first-order valence-electron chi connectivity index (χ1n) is 8.81. The van der Waals surface area contributed by atoms with Crippen molar-refractivity contribution in [1.82, 2.24) is 10.2 Å². The van der Waals surface area contributed by atoms with Crippen LogP contribution in [-0.2, 0) is 11.3 Å². The summed E-state index contributed by atoms with van der Waals surface area (Å²) in [5.74, 6) is 0.0813. The molecule has 3 rings (SSSR count). The lowest BCUT2D eigenvalue weighted by molar-refractivity contribution is -0.123. The molecule has 1 aliphatic heterocycles. The van der Waals surface area contributed by atoms with Crippen molar-refractivity contribution >= 4 is 5.91 Å². The summed E-state index contributed by atoms with van der Waals surface area (Å²) in [6.07, 6.45) is 5.16. The van der Waals surface area contributed by atoms with E-state index in [-0.39, 0.29) is 17.4 Å². The van der Waals surface area contributed by atoms with Gasteiger partial charge in [-0.1, -0.05) is 30.7 Å². The van der Waals surface area contributed by atoms with Crippen LogP contribution in [0.2, 0.25) is 0 Å². The molecule has 1 saturated heterocycles. The maximum Gasteiger partial charge on any atom is 0.234 e. The van der Waals surface area contributed by atoms with Crippen LogP contribution in [0.15, 0.2) is 24.3 Å². The third kappa shape index (κ3) is 3.75. The summed E-state index contributed by atoms with van der Waals surface area (Å²) in [4.78, 5) is 14.5. The summed E-state index contributed by atoms with van der Waals surface area (Å²) in [6.45, 7) is 4.93. The zero-order chi connectivity index (χ0) is 16.3. The number of carbonyl (C=O) groups is 1. The van der Waals surface area contributed by atoms with Crippen LogP contribution in [0.4, 0.5) is 0 Å². The second kappa shape index (κ2) is 7.02. The fourth-order valence-electron chi connectivity index (χ4n) is 4.25. The number of rotatable bonds is 4. The average molecular weight is 316 g/mol. The van der Waals surface area contributed by atoms with Crippen LogP contribution in [0.3, 0.4) is 0 Å². The Bertz CT molecular complexity index is 560. The second-order valence-electron chi connectivity index (χ2n) is 7.29. The number of benzene rings is 1. The number of nitrogens with one attached hydrogen (secondary N) is 1. The summed E-state index contributed by atoms with van der Waals surface area (Å²) in [6, 6.07) is 8.14. The number of hydrogen-bond donors (Lipinski definition) is 2. The lowest BCUT2D eigenvalue weighted by Gasteiger charge is -2.42. The largest absolute Gasteiger partial charge is 0.393 e. The summed E-state index contributed by atoms with van der Waals surface area (Å²) >= 11 is 0. The van der Waals surface area contributed by atoms with Crippen molar-refractivity contribution in [2.75, 3.05) is 19.6 Å². The molecule has 23 heavy (non-hydrogen) atoms. The first-order valence-corrected chi connectivity index (χ1v) is 8.81. The third-order valence-corrected chi connectivity index (χ3v) is 5.65. The second-order valence-corrected chi connectivity index (χ2v) is 7.29. The molecule has 1 saturated carbocycles. The van der Waals surface area contributed by atoms with Gasteiger partial charge in [-0.3, -0.25) is 9.69 Å². The molecule has 2 N–H and O–H groups in total. The van der Waals surface area contributed by atoms with Crippen LogP contribution in [0.1, 0.15) is 43.2 Å². The third-order valence-electron chi connectivity index (χ3n) is 5.65. The molecular weight excluding hydrogens is 288 g/mol. The molecule has 0 bridgehead atoms. The number of aryl methyl sites for hydroxylation is 1. The van der Waals surface area contributed by atoms with E-state index in [2.05, 4.69) is 29.3 Å². The van der Waals surface area contributed by atoms with E-state index in [1.807, 2.05) is 12.1 Å². The minimum atomic E-state index is -0.180. The van der Waals surface area contributed by atoms with Crippen molar-refractivity contribution in [3.8, 4) is 0 Å². The van der Waals surface area contributed by atoms with Gasteiger partial charge in [0, 0.05) is 18.5 Å². The minimum Gasteiger partial charge on any atom is -0.393 e. The Labute approximate surface area is 138 Å². The first kappa shape index (κ1) is 16.5. The van der Waals surface area contributed by atoms with Gasteiger partial charge in [-0.25, -0.2) is 0 Å². The lowest BCUT2D eigenvalue weighted by Crippen LogP contribution is -2.49. The molecule has 126 valence electrons. The summed E-state index contributed by atoms with van der Waals surface area (Å²) in [7, 11) is 0. The minimum absolute atomic E-state index is 0.0501. The van der Waals surface area contributed by atoms with Crippen LogP contribution in [-0.4, -0.2) is 41.7 Å². The SMILES string of the molecule is Cc1ccccc1CNC(=O)CN1CCC[C@@]2(CCC[C@H]2O)C1. The molecule has 1 aromatic rings. The molecule has 2 fully saturated rings. The van der Waals surface area contributed by atoms with Crippen LogP contribution in [0, 0.1) is 12.3 Å². The number of likely N-dealkylation sites (tertiary alicyclic amines) is 1. The van der Waals surface area contributed by atoms with Gasteiger partial charge in [0.2, 0.25) is 5.91 Å². The molecule has 4 nitrogen and oxygen atoms in total. The van der Waals surface area contributed by atoms with Crippen molar-refractivity contribution in [2.45, 2.75) is 51.7 Å². The average Bonchev–Trinajstić information content (AvgIpc) is 2.87. The standard InChI is InChI=1S/C19H28N2O2/c1-15-6-2-3-7-16(15)12-20-18(23)13-21-11-5-10-19(14-21)9-4-8-17(19)22/h2-3,6-7,17,22H,4-5,8-14H2,1H3,(H,20,23)/t17-,19+/m1/s1. The normalized spacial score (nSPS) is 28.2. The fourth-order valence-corrected chi connectivity index (χ4v) is 4.25. The van der Waals surface area contributed by atoms with Crippen LogP contribution in [0.5, 0.6) is 0 Å². The molecule has 1 amide bonds. The van der Waals surface area contributed by atoms with Gasteiger partial charge in [0.25, 0.3) is 0 Å². The number of amides is 1. The molecule has 2 atom stereocenters. The Kier molecular flexibility index (Phi) is 5.02. The van der Waals surface area contributed by atoms with Crippen LogP contribution in [0.25, 0.3) is 0 Å². The van der Waals surface area contributed by atoms with Gasteiger partial charge in [-0.2, -0.15) is 0 Å². The van der Waals surface area contributed by atoms with Crippen LogP contribution >= 0.6 is 0 Å². The maximum atomic E-state index is 12.3. The van der Waals surface area contributed by atoms with E-state index in [1.165, 1.54) is 11.1 Å². The van der Waals surface area contributed by atoms with Gasteiger partial charge >= 0.3 is 0 Å². The molecule has 1 heterocycles. The van der Waals surface area contributed by atoms with E-state index >= 15 is 0 Å². The highest BCUT2D eigenvalue weighted by Gasteiger charge is 2.44. The summed E-state index contributed by atoms with van der Waals surface area (Å²) in [5.41, 5.74) is 2.43. The monoisotopic (exact) mass is 316 g/mol. The highest BCUT2D eigenvalue weighted by Crippen LogP contribution is 2.44. The van der Waals surface area contributed by atoms with Gasteiger partial charge in [-0.15, -0.1) is 0 Å². The summed E-state index contributed by atoms with van der Waals surface area (Å²) < 4.78 is 0. The fraction of sp³-hybridized carbons (Fsp3) is 0.632. The van der Waals surface area contributed by atoms with Gasteiger partial charge < -0.3 is 10.4 Å². The molecule has 2 aliphatic rings. The van der Waals surface area contributed by atoms with Crippen molar-refractivity contribution in [1.29, 1.82) is 0 Å². The predicted molar refractivity (Wildman–Crippen MR) is 91.0 cm³/mol. The van der Waals surface area contributed by atoms with E-state index in [0.29, 0.717) is 13.1 Å². The zero-order valence-electron chi connectivity index (χ0n) is 14.1. The Balaban J connectivity index is 1.51. The molecule has 1 aliphatic carbocycles. The van der Waals surface area contributed by atoms with Gasteiger partial charge in [0.05, 0.1) is 12.6 Å². The molecule has 0 unspecified atom stereocenters. The lowest BCUT2D eigenvalue weighted by atomic mass is 9.77. The van der Waals surface area contributed by atoms with Gasteiger partial charge in [-0.05, 0) is 50.3 Å². The van der Waals surface area contributed by atoms with Crippen molar-refractivity contribution in [3.63, 3.8) is 0 Å². The van der Waals surface area contributed by atoms with Crippen molar-refractivity contribution < 1.29 is 9.90 Å². The number of nitrogens with zero attached hydrogens (tertiary/aromatic N) is 1. The maximum absolute atomic E-state index is 12.3. The van der Waals surface area contributed by atoms with Crippen molar-refractivity contribution in [3.05, 3.63) is 35.4 Å². The van der Waals surface area contributed by atoms with E-state index in [4.69, 9.17) is 0 Å². The van der Waals surface area contributed by atoms with E-state index < -0.39 is 0 Å². The number of piperidine rings is 1. The number of carbonyl (C=O) groups excluding carboxylic acids is 1. The number of aliphatic hydroxyl groups excluding tert-OH is 1. The topological polar surface area (TPSA) is 52.6 Å². The Hall–Kier alpha value is -1.39. The number of hydrogen-bond acceptors (Lipinski definition) is 3. The van der Waals surface area contributed by atoms with Crippen LogP contribution < -0.4 is 5.32 Å². The smallest absolute Gasteiger partial charge is 0.234 e. The highest BCUT2D eigenvalue weighted by atomic mass is 16.3.